The van der Waals surface area contributed by atoms with Gasteiger partial charge in [-0.25, -0.2) is 4.79 Å². The summed E-state index contributed by atoms with van der Waals surface area (Å²) in [5.74, 6) is -1.86. The molecule has 170 valence electrons. The quantitative estimate of drug-likeness (QED) is 0.322. The van der Waals surface area contributed by atoms with E-state index in [0.29, 0.717) is 17.8 Å². The molecule has 0 aliphatic carbocycles. The van der Waals surface area contributed by atoms with Crippen LogP contribution in [0.3, 0.4) is 0 Å². The largest absolute Gasteiger partial charge is 0.493 e. The summed E-state index contributed by atoms with van der Waals surface area (Å²) in [6.07, 6.45) is 0. The lowest BCUT2D eigenvalue weighted by Gasteiger charge is -2.12. The van der Waals surface area contributed by atoms with Gasteiger partial charge >= 0.3 is 5.97 Å². The van der Waals surface area contributed by atoms with Gasteiger partial charge in [0.25, 0.3) is 17.5 Å². The maximum Gasteiger partial charge on any atom is 0.345 e. The lowest BCUT2D eigenvalue weighted by atomic mass is 10.1. The van der Waals surface area contributed by atoms with E-state index in [9.17, 15) is 24.5 Å². The molecule has 0 atom stereocenters. The summed E-state index contributed by atoms with van der Waals surface area (Å²) >= 11 is 0. The fourth-order valence-electron chi connectivity index (χ4n) is 2.70. The number of ether oxygens (including phenoxy) is 3. The van der Waals surface area contributed by atoms with E-state index in [1.165, 1.54) is 13.2 Å². The number of hydrogen-bond acceptors (Lipinski definition) is 8. The third kappa shape index (κ3) is 6.17. The first-order chi connectivity index (χ1) is 15.3. The number of amides is 2. The summed E-state index contributed by atoms with van der Waals surface area (Å²) in [5, 5.41) is 16.5. The van der Waals surface area contributed by atoms with Crippen LogP contribution in [0.5, 0.6) is 11.5 Å². The average Bonchev–Trinajstić information content (AvgIpc) is 2.77. The van der Waals surface area contributed by atoms with Crippen molar-refractivity contribution in [2.24, 2.45) is 0 Å². The Morgan fingerprint density at radius 2 is 1.84 bits per heavy atom. The number of nitro benzene ring substituents is 1. The van der Waals surface area contributed by atoms with Gasteiger partial charge in [-0.3, -0.25) is 19.7 Å². The van der Waals surface area contributed by atoms with Crippen molar-refractivity contribution >= 4 is 29.2 Å². The molecule has 0 fully saturated rings. The number of nitrogens with zero attached hydrogens (tertiary/aromatic N) is 1. The Kier molecular flexibility index (Phi) is 8.52. The third-order valence-corrected chi connectivity index (χ3v) is 4.08. The first-order valence-corrected chi connectivity index (χ1v) is 9.65. The minimum atomic E-state index is -1.08. The zero-order valence-corrected chi connectivity index (χ0v) is 17.8. The zero-order valence-electron chi connectivity index (χ0n) is 17.8. The molecule has 0 heterocycles. The van der Waals surface area contributed by atoms with E-state index >= 15 is 0 Å². The van der Waals surface area contributed by atoms with Gasteiger partial charge in [-0.1, -0.05) is 6.07 Å². The van der Waals surface area contributed by atoms with Crippen molar-refractivity contribution in [3.05, 3.63) is 57.6 Å². The molecule has 0 radical (unpaired) electrons. The highest BCUT2D eigenvalue weighted by molar-refractivity contribution is 5.99. The van der Waals surface area contributed by atoms with Crippen LogP contribution in [0.15, 0.2) is 36.4 Å². The summed E-state index contributed by atoms with van der Waals surface area (Å²) in [4.78, 5) is 47.1. The molecule has 2 aromatic rings. The highest BCUT2D eigenvalue weighted by atomic mass is 16.6. The molecule has 0 aromatic heterocycles. The minimum Gasteiger partial charge on any atom is -0.493 e. The smallest absolute Gasteiger partial charge is 0.345 e. The topological polar surface area (TPSA) is 146 Å². The predicted molar refractivity (Wildman–Crippen MR) is 114 cm³/mol. The first-order valence-electron chi connectivity index (χ1n) is 9.65. The molecular formula is C21H23N3O8. The number of hydrogen-bond donors (Lipinski definition) is 2. The molecule has 32 heavy (non-hydrogen) atoms. The Morgan fingerprint density at radius 3 is 2.47 bits per heavy atom. The fourth-order valence-corrected chi connectivity index (χ4v) is 2.70. The molecule has 0 saturated carbocycles. The van der Waals surface area contributed by atoms with E-state index in [4.69, 9.17) is 14.2 Å². The molecule has 0 spiro atoms. The van der Waals surface area contributed by atoms with Crippen molar-refractivity contribution < 1.29 is 33.5 Å². The van der Waals surface area contributed by atoms with E-state index in [0.717, 1.165) is 12.1 Å². The Hall–Kier alpha value is -4.15. The summed E-state index contributed by atoms with van der Waals surface area (Å²) in [7, 11) is 1.31. The zero-order chi connectivity index (χ0) is 23.7. The van der Waals surface area contributed by atoms with Gasteiger partial charge in [-0.2, -0.15) is 0 Å². The molecular weight excluding hydrogens is 422 g/mol. The van der Waals surface area contributed by atoms with Gasteiger partial charge in [0.15, 0.2) is 18.1 Å². The van der Waals surface area contributed by atoms with Gasteiger partial charge in [-0.15, -0.1) is 0 Å². The van der Waals surface area contributed by atoms with E-state index in [1.807, 2.05) is 0 Å². The molecule has 0 bridgehead atoms. The van der Waals surface area contributed by atoms with Crippen molar-refractivity contribution in [1.29, 1.82) is 0 Å². The lowest BCUT2D eigenvalue weighted by Crippen LogP contribution is -2.23. The Morgan fingerprint density at radius 1 is 1.09 bits per heavy atom. The van der Waals surface area contributed by atoms with Crippen LogP contribution < -0.4 is 20.1 Å². The van der Waals surface area contributed by atoms with Gasteiger partial charge in [-0.05, 0) is 32.0 Å². The molecule has 11 heteroatoms. The summed E-state index contributed by atoms with van der Waals surface area (Å²) in [5.41, 5.74) is -0.265. The van der Waals surface area contributed by atoms with Crippen molar-refractivity contribution in [3.8, 4) is 11.5 Å². The van der Waals surface area contributed by atoms with Gasteiger partial charge in [0.1, 0.15) is 5.56 Å². The first kappa shape index (κ1) is 24.1. The number of esters is 1. The van der Waals surface area contributed by atoms with Crippen molar-refractivity contribution in [1.82, 2.24) is 5.32 Å². The second-order valence-corrected chi connectivity index (χ2v) is 6.27. The van der Waals surface area contributed by atoms with Gasteiger partial charge < -0.3 is 24.8 Å². The van der Waals surface area contributed by atoms with Crippen LogP contribution in [-0.2, 0) is 9.53 Å². The monoisotopic (exact) mass is 445 g/mol. The molecule has 2 rings (SSSR count). The van der Waals surface area contributed by atoms with Crippen LogP contribution in [0.4, 0.5) is 11.4 Å². The second-order valence-electron chi connectivity index (χ2n) is 6.27. The summed E-state index contributed by atoms with van der Waals surface area (Å²) < 4.78 is 15.3. The van der Waals surface area contributed by atoms with E-state index in [-0.39, 0.29) is 29.6 Å². The fraction of sp³-hybridized carbons (Fsp3) is 0.286. The minimum absolute atomic E-state index is 0.0832. The SMILES string of the molecule is CCNC(=O)c1cccc(NC(=O)COC(=O)c2cc(OCC)c(OC)cc2[N+](=O)[O-])c1. The van der Waals surface area contributed by atoms with Crippen LogP contribution in [0.25, 0.3) is 0 Å². The standard InChI is InChI=1S/C21H23N3O8/c1-4-22-20(26)13-7-6-8-14(9-13)23-19(25)12-32-21(27)15-10-18(31-5-2)17(30-3)11-16(15)24(28)29/h6-11H,4-5,12H2,1-3H3,(H,22,26)(H,23,25). The number of methoxy groups -OCH3 is 1. The molecule has 0 unspecified atom stereocenters. The van der Waals surface area contributed by atoms with Crippen LogP contribution >= 0.6 is 0 Å². The van der Waals surface area contributed by atoms with E-state index in [2.05, 4.69) is 10.6 Å². The van der Waals surface area contributed by atoms with E-state index in [1.54, 1.807) is 32.0 Å². The summed E-state index contributed by atoms with van der Waals surface area (Å²) in [6, 6.07) is 8.38. The van der Waals surface area contributed by atoms with E-state index < -0.39 is 29.1 Å². The number of rotatable bonds is 10. The number of anilines is 1. The maximum atomic E-state index is 12.4. The average molecular weight is 445 g/mol. The molecule has 11 nitrogen and oxygen atoms in total. The van der Waals surface area contributed by atoms with Crippen LogP contribution in [0.1, 0.15) is 34.6 Å². The lowest BCUT2D eigenvalue weighted by molar-refractivity contribution is -0.385. The molecule has 2 amide bonds. The van der Waals surface area contributed by atoms with Gasteiger partial charge in [0, 0.05) is 23.9 Å². The normalized spacial score (nSPS) is 10.1. The predicted octanol–water partition coefficient (Wildman–Crippen LogP) is 2.55. The number of carbonyl (C=O) groups excluding carboxylic acids is 3. The highest BCUT2D eigenvalue weighted by Crippen LogP contribution is 2.35. The number of nitrogens with one attached hydrogen (secondary N) is 2. The van der Waals surface area contributed by atoms with Crippen molar-refractivity contribution in [2.75, 3.05) is 32.2 Å². The molecule has 2 N–H and O–H groups in total. The second kappa shape index (κ2) is 11.3. The Bertz CT molecular complexity index is 1020. The Balaban J connectivity index is 2.11. The van der Waals surface area contributed by atoms with Crippen LogP contribution in [0, 0.1) is 10.1 Å². The molecule has 2 aromatic carbocycles. The number of nitro groups is 1. The van der Waals surface area contributed by atoms with Crippen LogP contribution in [0.2, 0.25) is 0 Å². The van der Waals surface area contributed by atoms with Gasteiger partial charge in [0.05, 0.1) is 24.7 Å². The number of benzene rings is 2. The summed E-state index contributed by atoms with van der Waals surface area (Å²) in [6.45, 7) is 3.47. The van der Waals surface area contributed by atoms with Crippen molar-refractivity contribution in [2.45, 2.75) is 13.8 Å². The molecule has 0 aliphatic heterocycles. The van der Waals surface area contributed by atoms with Crippen molar-refractivity contribution in [3.63, 3.8) is 0 Å². The molecule has 0 aliphatic rings. The molecule has 0 saturated heterocycles. The van der Waals surface area contributed by atoms with Crippen LogP contribution in [-0.4, -0.2) is 49.6 Å². The van der Waals surface area contributed by atoms with Gasteiger partial charge in [0.2, 0.25) is 0 Å². The number of carbonyl (C=O) groups is 3. The maximum absolute atomic E-state index is 12.4. The Labute approximate surface area is 183 Å². The highest BCUT2D eigenvalue weighted by Gasteiger charge is 2.26. The third-order valence-electron chi connectivity index (χ3n) is 4.08.